The fourth-order valence-electron chi connectivity index (χ4n) is 6.22. The SMILES string of the molecule is CCS(=O)(=O)c1cccnc1S(=O)(=O)NC(=O)Nc1nc(OC)cc(OC)n1.CS(=O)(=O)NC(=O)c1cc(Oc2ccc(C(F)(F)F)cc2Cl)ccc1[N+](=O)[O-].O=C(Nc1nc(OC(F)F)cc(OC(F)F)n1)NS(=O)(=O)c1ccccc1C(=O)O.O=C(O)CNCP(=O)(O)O. The Kier molecular flexibility index (Phi) is 28.8. The van der Waals surface area contributed by atoms with Crippen molar-refractivity contribution < 1.29 is 142 Å². The predicted molar refractivity (Wildman–Crippen MR) is 309 cm³/mol. The summed E-state index contributed by atoms with van der Waals surface area (Å²) in [6, 6.07) is 10.8. The zero-order chi connectivity index (χ0) is 72.9. The third-order valence-corrected chi connectivity index (χ3v) is 16.0. The zero-order valence-corrected chi connectivity index (χ0v) is 53.0. The smallest absolute Gasteiger partial charge is 0.416 e. The molecule has 37 nitrogen and oxygen atoms in total. The quantitative estimate of drug-likeness (QED) is 0.0171. The van der Waals surface area contributed by atoms with Crippen molar-refractivity contribution in [3.05, 3.63) is 123 Å². The van der Waals surface area contributed by atoms with Gasteiger partial charge in [-0.1, -0.05) is 30.7 Å². The van der Waals surface area contributed by atoms with Crippen molar-refractivity contribution >= 4 is 107 Å². The third kappa shape index (κ3) is 26.8. The molecular formula is C46H45ClF7N12O25PS4. The Balaban J connectivity index is 0.000000350. The predicted octanol–water partition coefficient (Wildman–Crippen LogP) is 4.63. The number of nitro groups is 1. The topological polar surface area (TPSA) is 546 Å². The van der Waals surface area contributed by atoms with Crippen LogP contribution in [0.2, 0.25) is 5.02 Å². The van der Waals surface area contributed by atoms with Gasteiger partial charge < -0.3 is 43.7 Å². The zero-order valence-electron chi connectivity index (χ0n) is 48.1. The Hall–Kier alpha value is -9.97. The van der Waals surface area contributed by atoms with Crippen molar-refractivity contribution in [2.75, 3.05) is 49.7 Å². The van der Waals surface area contributed by atoms with E-state index in [-0.39, 0.29) is 35.0 Å². The summed E-state index contributed by atoms with van der Waals surface area (Å²) in [6.45, 7) is -5.90. The van der Waals surface area contributed by atoms with Crippen LogP contribution in [0.15, 0.2) is 106 Å². The molecule has 6 aromatic rings. The Morgan fingerprint density at radius 2 is 1.21 bits per heavy atom. The fourth-order valence-corrected chi connectivity index (χ4v) is 10.9. The molecule has 0 aliphatic carbocycles. The number of nitrogens with one attached hydrogen (secondary N) is 6. The van der Waals surface area contributed by atoms with E-state index in [0.717, 1.165) is 48.7 Å². The van der Waals surface area contributed by atoms with Crippen molar-refractivity contribution in [2.45, 2.75) is 41.1 Å². The van der Waals surface area contributed by atoms with Crippen LogP contribution in [-0.2, 0) is 55.4 Å². The van der Waals surface area contributed by atoms with Gasteiger partial charge >= 0.3 is 51.0 Å². The number of anilines is 2. The molecule has 0 spiro atoms. The second-order valence-corrected chi connectivity index (χ2v) is 26.4. The van der Waals surface area contributed by atoms with Gasteiger partial charge in [-0.25, -0.2) is 58.8 Å². The molecule has 50 heteroatoms. The molecule has 10 N–H and O–H groups in total. The molecule has 0 unspecified atom stereocenters. The summed E-state index contributed by atoms with van der Waals surface area (Å²) in [5.74, 6) is -7.80. The van der Waals surface area contributed by atoms with Crippen LogP contribution < -0.4 is 53.8 Å². The number of nitro benzene ring substituents is 1. The largest absolute Gasteiger partial charge is 0.481 e. The standard InChI is InChI=1S/C15H10ClF3N2O6S.C14H10F4N4O7S.C14H17N5O7S2.C3H8NO5P/c1-28(25,26)20-14(22)10-7-9(3-4-12(10)21(23)24)27-13-5-2-8(6-11(13)16)15(17,18)19;15-11(16)28-8-5-9(29-12(17)18)20-13(19-8)21-14(25)22-30(26,27)7-4-2-1-3-6(7)10(23)24;1-4-27(21,22)9-6-5-7-15-12(9)28(23,24)19-14(20)18-13-16-10(25-2)8-11(17-13)26-3;5-3(6)1-4-2-10(7,8)9/h2-7H,1H3,(H,20,22);1-5,11-12H,(H,23,24)(H2,19,20,21,22,25);5-8H,4H2,1-3H3,(H2,16,17,18,19,20);4H,1-2H2,(H,5,6)(H2,7,8,9). The molecule has 3 heterocycles. The van der Waals surface area contributed by atoms with E-state index in [1.807, 2.05) is 0 Å². The molecule has 0 saturated heterocycles. The van der Waals surface area contributed by atoms with Gasteiger partial charge in [-0.3, -0.25) is 40.2 Å². The first-order valence-electron chi connectivity index (χ1n) is 24.6. The number of hydrogen-bond acceptors (Lipinski definition) is 27. The number of aliphatic carboxylic acids is 1. The maximum atomic E-state index is 12.7. The molecule has 3 aromatic carbocycles. The van der Waals surface area contributed by atoms with Crippen LogP contribution in [0.1, 0.15) is 33.2 Å². The molecule has 0 aliphatic heterocycles. The Morgan fingerprint density at radius 3 is 1.67 bits per heavy atom. The number of methoxy groups -OCH3 is 2. The maximum Gasteiger partial charge on any atom is 0.416 e. The van der Waals surface area contributed by atoms with Crippen LogP contribution in [0.5, 0.6) is 35.0 Å². The molecule has 0 atom stereocenters. The van der Waals surface area contributed by atoms with Crippen LogP contribution in [0.25, 0.3) is 0 Å². The number of sulfone groups is 1. The summed E-state index contributed by atoms with van der Waals surface area (Å²) >= 11 is 5.76. The normalized spacial score (nSPS) is 11.5. The lowest BCUT2D eigenvalue weighted by Gasteiger charge is -2.12. The number of halogens is 8. The molecule has 0 radical (unpaired) electrons. The van der Waals surface area contributed by atoms with Crippen LogP contribution >= 0.6 is 19.2 Å². The minimum absolute atomic E-state index is 0.0612. The molecule has 3 aromatic heterocycles. The lowest BCUT2D eigenvalue weighted by molar-refractivity contribution is -0.385. The molecule has 0 saturated carbocycles. The van der Waals surface area contributed by atoms with E-state index in [4.69, 9.17) is 45.8 Å². The molecule has 0 bridgehead atoms. The highest BCUT2D eigenvalue weighted by molar-refractivity contribution is 7.94. The highest BCUT2D eigenvalue weighted by Crippen LogP contribution is 2.38. The highest BCUT2D eigenvalue weighted by Gasteiger charge is 2.33. The van der Waals surface area contributed by atoms with Gasteiger partial charge in [0.1, 0.15) is 26.9 Å². The average molecular weight is 1490 g/mol. The van der Waals surface area contributed by atoms with Crippen LogP contribution in [-0.4, -0.2) is 166 Å². The number of rotatable bonds is 24. The number of aromatic carboxylic acids is 1. The number of nitrogens with zero attached hydrogens (tertiary/aromatic N) is 6. The maximum absolute atomic E-state index is 12.7. The van der Waals surface area contributed by atoms with E-state index in [1.54, 1.807) is 14.8 Å². The van der Waals surface area contributed by atoms with E-state index >= 15 is 0 Å². The molecule has 524 valence electrons. The fraction of sp³-hybridized carbons (Fsp3) is 0.217. The summed E-state index contributed by atoms with van der Waals surface area (Å²) in [5, 5.41) is 32.8. The van der Waals surface area contributed by atoms with E-state index in [9.17, 15) is 103 Å². The number of carboxylic acid groups (broad SMARTS) is 2. The first-order chi connectivity index (χ1) is 44.3. The van der Waals surface area contributed by atoms with Gasteiger partial charge in [-0.05, 0) is 48.5 Å². The van der Waals surface area contributed by atoms with Crippen molar-refractivity contribution in [2.24, 2.45) is 0 Å². The number of amides is 5. The molecular weight excluding hydrogens is 1450 g/mol. The highest BCUT2D eigenvalue weighted by atomic mass is 35.5. The summed E-state index contributed by atoms with van der Waals surface area (Å²) in [5.41, 5.74) is -2.99. The average Bonchev–Trinajstić information content (AvgIpc) is 0.797. The summed E-state index contributed by atoms with van der Waals surface area (Å²) < 4.78 is 221. The number of carbonyl (C=O) groups is 5. The van der Waals surface area contributed by atoms with Crippen molar-refractivity contribution in [3.63, 3.8) is 0 Å². The van der Waals surface area contributed by atoms with Crippen molar-refractivity contribution in [1.29, 1.82) is 0 Å². The number of ether oxygens (including phenoxy) is 5. The van der Waals surface area contributed by atoms with Gasteiger partial charge in [0.2, 0.25) is 45.4 Å². The number of carboxylic acids is 2. The molecule has 6 rings (SSSR count). The summed E-state index contributed by atoms with van der Waals surface area (Å²) in [6.07, 6.45) is -3.44. The van der Waals surface area contributed by atoms with Crippen LogP contribution in [0.3, 0.4) is 0 Å². The number of pyridine rings is 1. The van der Waals surface area contributed by atoms with E-state index in [2.05, 4.69) is 45.0 Å². The molecule has 96 heavy (non-hydrogen) atoms. The second kappa shape index (κ2) is 34.4. The van der Waals surface area contributed by atoms with E-state index in [0.29, 0.717) is 24.5 Å². The Morgan fingerprint density at radius 1 is 0.698 bits per heavy atom. The number of urea groups is 2. The first kappa shape index (κ1) is 80.3. The number of hydrogen-bond donors (Lipinski definition) is 10. The van der Waals surface area contributed by atoms with Crippen LogP contribution in [0, 0.1) is 10.1 Å². The number of alkyl halides is 7. The minimum Gasteiger partial charge on any atom is -0.481 e. The van der Waals surface area contributed by atoms with Crippen LogP contribution in [0.4, 0.5) is 57.9 Å². The summed E-state index contributed by atoms with van der Waals surface area (Å²) in [7, 11) is -18.7. The van der Waals surface area contributed by atoms with E-state index in [1.165, 1.54) is 50.1 Å². The lowest BCUT2D eigenvalue weighted by Crippen LogP contribution is -2.36. The minimum atomic E-state index is -4.71. The monoisotopic (exact) mass is 1490 g/mol. The van der Waals surface area contributed by atoms with Gasteiger partial charge in [-0.2, -0.15) is 59.1 Å². The Labute approximate surface area is 539 Å². The van der Waals surface area contributed by atoms with Gasteiger partial charge in [0.25, 0.3) is 31.6 Å². The van der Waals surface area contributed by atoms with E-state index < -0.39 is 174 Å². The third-order valence-electron chi connectivity index (χ3n) is 9.98. The Bertz CT molecular complexity index is 4330. The number of carbonyl (C=O) groups excluding carboxylic acids is 3. The van der Waals surface area contributed by atoms with Gasteiger partial charge in [0, 0.05) is 18.3 Å². The number of sulfonamides is 3. The molecule has 0 fully saturated rings. The van der Waals surface area contributed by atoms with Crippen molar-refractivity contribution in [1.82, 2.24) is 44.4 Å². The number of benzene rings is 3. The van der Waals surface area contributed by atoms with Crippen molar-refractivity contribution in [3.8, 4) is 35.0 Å². The second-order valence-electron chi connectivity index (χ2n) is 17.1. The number of aromatic nitrogens is 5. The lowest BCUT2D eigenvalue weighted by atomic mass is 10.1. The van der Waals surface area contributed by atoms with Gasteiger partial charge in [0.15, 0.2) is 14.9 Å². The molecule has 5 amide bonds. The molecule has 0 aliphatic rings. The van der Waals surface area contributed by atoms with Gasteiger partial charge in [0.05, 0.1) is 72.3 Å². The van der Waals surface area contributed by atoms with Gasteiger partial charge in [-0.15, -0.1) is 0 Å². The first-order valence-corrected chi connectivity index (χ1v) is 33.2. The summed E-state index contributed by atoms with van der Waals surface area (Å²) in [4.78, 5) is 100.0.